The number of hydrogen-bond donors (Lipinski definition) is 1. The number of para-hydroxylation sites is 1. The number of piperidine rings is 2. The highest BCUT2D eigenvalue weighted by atomic mass is 32.1. The van der Waals surface area contributed by atoms with Crippen LogP contribution in [0.25, 0.3) is 0 Å². The Morgan fingerprint density at radius 2 is 1.74 bits per heavy atom. The van der Waals surface area contributed by atoms with Crippen molar-refractivity contribution in [2.45, 2.75) is 102 Å². The molecule has 0 bridgehead atoms. The number of carbonyl (C=O) groups excluding carboxylic acids is 2. The molecule has 2 aromatic heterocycles. The Hall–Kier alpha value is -4.85. The standard InChI is InChI=1S/C41H46F6N4O6S/c1-4-10-32-39(57-27-23-33(58-24-27)41(45,46)47,15-9-19-51(32)35(52)34-30(40(42,43)44)13-7-18-49-34)37(55)50-20-16-38(25-48,17-21-50)29-12-5-6-14-31(29)56-22-8-11-28(26(2)3)36(53)54/h5-7,12-14,18,23-24,26,28,32H,4,8-11,15-17,19-22H2,1-3H3,(H,53,54). The maximum atomic E-state index is 15.0. The van der Waals surface area contributed by atoms with Gasteiger partial charge in [0.1, 0.15) is 22.1 Å². The Balaban J connectivity index is 1.46. The van der Waals surface area contributed by atoms with E-state index in [2.05, 4.69) is 11.1 Å². The van der Waals surface area contributed by atoms with E-state index in [-0.39, 0.29) is 70.0 Å². The third-order valence-electron chi connectivity index (χ3n) is 11.1. The molecule has 2 fully saturated rings. The first-order valence-corrected chi connectivity index (χ1v) is 20.1. The molecule has 3 aromatic rings. The maximum Gasteiger partial charge on any atom is 0.425 e. The van der Waals surface area contributed by atoms with Crippen LogP contribution in [-0.4, -0.2) is 75.6 Å². The highest BCUT2D eigenvalue weighted by Crippen LogP contribution is 2.45. The largest absolute Gasteiger partial charge is 0.493 e. The van der Waals surface area contributed by atoms with Crippen LogP contribution in [0, 0.1) is 23.2 Å². The molecule has 0 radical (unpaired) electrons. The summed E-state index contributed by atoms with van der Waals surface area (Å²) in [6, 6.07) is 10.8. The van der Waals surface area contributed by atoms with Crippen molar-refractivity contribution < 1.29 is 55.3 Å². The minimum absolute atomic E-state index is 0.00318. The molecule has 2 aliphatic heterocycles. The number of likely N-dealkylation sites (tertiary alicyclic amines) is 2. The maximum absolute atomic E-state index is 15.0. The number of ether oxygens (including phenoxy) is 2. The number of hydrogen-bond acceptors (Lipinski definition) is 8. The van der Waals surface area contributed by atoms with E-state index in [4.69, 9.17) is 9.47 Å². The summed E-state index contributed by atoms with van der Waals surface area (Å²) < 4.78 is 95.9. The topological polar surface area (TPSA) is 133 Å². The molecule has 10 nitrogen and oxygen atoms in total. The zero-order chi connectivity index (χ0) is 42.5. The molecule has 4 heterocycles. The minimum Gasteiger partial charge on any atom is -0.493 e. The zero-order valence-electron chi connectivity index (χ0n) is 32.4. The van der Waals surface area contributed by atoms with Gasteiger partial charge in [0.2, 0.25) is 5.60 Å². The molecular formula is C41H46F6N4O6S. The zero-order valence-corrected chi connectivity index (χ0v) is 33.2. The first-order valence-electron chi connectivity index (χ1n) is 19.2. The number of rotatable bonds is 14. The van der Waals surface area contributed by atoms with Crippen LogP contribution in [0.15, 0.2) is 54.0 Å². The van der Waals surface area contributed by atoms with Crippen LogP contribution in [0.4, 0.5) is 26.3 Å². The normalized spacial score (nSPS) is 20.3. The molecule has 0 saturated carbocycles. The van der Waals surface area contributed by atoms with Crippen molar-refractivity contribution in [3.05, 3.63) is 75.7 Å². The van der Waals surface area contributed by atoms with Gasteiger partial charge in [0.15, 0.2) is 0 Å². The Labute approximate surface area is 336 Å². The van der Waals surface area contributed by atoms with E-state index in [1.807, 2.05) is 13.8 Å². The average molecular weight is 837 g/mol. The summed E-state index contributed by atoms with van der Waals surface area (Å²) in [7, 11) is 0. The first-order chi connectivity index (χ1) is 27.4. The van der Waals surface area contributed by atoms with Gasteiger partial charge in [-0.25, -0.2) is 0 Å². The number of alkyl halides is 6. The van der Waals surface area contributed by atoms with Gasteiger partial charge < -0.3 is 24.4 Å². The van der Waals surface area contributed by atoms with Crippen LogP contribution in [0.5, 0.6) is 11.5 Å². The quantitative estimate of drug-likeness (QED) is 0.126. The average Bonchev–Trinajstić information content (AvgIpc) is 3.67. The number of carboxylic acid groups (broad SMARTS) is 1. The van der Waals surface area contributed by atoms with Crippen LogP contribution in [0.1, 0.15) is 98.6 Å². The molecule has 5 rings (SSSR count). The van der Waals surface area contributed by atoms with Crippen molar-refractivity contribution in [1.82, 2.24) is 14.8 Å². The number of aromatic nitrogens is 1. The summed E-state index contributed by atoms with van der Waals surface area (Å²) >= 11 is 0.362. The number of halogens is 6. The van der Waals surface area contributed by atoms with Crippen molar-refractivity contribution in [1.29, 1.82) is 5.26 Å². The van der Waals surface area contributed by atoms with Crippen LogP contribution in [0.3, 0.4) is 0 Å². The van der Waals surface area contributed by atoms with Gasteiger partial charge in [0.25, 0.3) is 11.8 Å². The lowest BCUT2D eigenvalue weighted by molar-refractivity contribution is -0.160. The minimum atomic E-state index is -4.93. The van der Waals surface area contributed by atoms with E-state index < -0.39 is 69.2 Å². The number of carboxylic acids is 1. The number of carbonyl (C=O) groups is 3. The summed E-state index contributed by atoms with van der Waals surface area (Å²) in [5.41, 5.74) is -4.67. The fourth-order valence-corrected chi connectivity index (χ4v) is 8.77. The molecular weight excluding hydrogens is 791 g/mol. The monoisotopic (exact) mass is 836 g/mol. The van der Waals surface area contributed by atoms with Crippen LogP contribution in [-0.2, 0) is 27.4 Å². The lowest BCUT2D eigenvalue weighted by Crippen LogP contribution is -2.68. The molecule has 2 saturated heterocycles. The SMILES string of the molecule is CCCC1N(C(=O)c2ncccc2C(F)(F)F)CCCC1(Oc1csc(C(F)(F)F)c1)C(=O)N1CCC(C#N)(c2ccccc2OCCCC(C(=O)O)C(C)C)CC1. The third kappa shape index (κ3) is 9.37. The number of nitrogens with zero attached hydrogens (tertiary/aromatic N) is 4. The summed E-state index contributed by atoms with van der Waals surface area (Å²) in [5, 5.41) is 21.3. The smallest absolute Gasteiger partial charge is 0.425 e. The lowest BCUT2D eigenvalue weighted by atomic mass is 9.72. The number of aliphatic carboxylic acids is 1. The van der Waals surface area contributed by atoms with E-state index in [0.717, 1.165) is 34.7 Å². The predicted octanol–water partition coefficient (Wildman–Crippen LogP) is 9.00. The van der Waals surface area contributed by atoms with Crippen LogP contribution < -0.4 is 9.47 Å². The highest BCUT2D eigenvalue weighted by molar-refractivity contribution is 7.10. The molecule has 2 aliphatic rings. The van der Waals surface area contributed by atoms with Crippen molar-refractivity contribution in [3.8, 4) is 17.6 Å². The lowest BCUT2D eigenvalue weighted by Gasteiger charge is -2.51. The number of thiophene rings is 1. The molecule has 2 amide bonds. The van der Waals surface area contributed by atoms with Gasteiger partial charge in [0.05, 0.1) is 35.6 Å². The second-order valence-corrected chi connectivity index (χ2v) is 16.0. The Morgan fingerprint density at radius 3 is 2.34 bits per heavy atom. The molecule has 17 heteroatoms. The summed E-state index contributed by atoms with van der Waals surface area (Å²) in [6.45, 7) is 5.58. The van der Waals surface area contributed by atoms with Crippen LogP contribution in [0.2, 0.25) is 0 Å². The van der Waals surface area contributed by atoms with E-state index in [0.29, 0.717) is 41.9 Å². The summed E-state index contributed by atoms with van der Waals surface area (Å²) in [5.74, 6) is -3.06. The van der Waals surface area contributed by atoms with Gasteiger partial charge in [-0.3, -0.25) is 19.4 Å². The highest BCUT2D eigenvalue weighted by Gasteiger charge is 2.57. The van der Waals surface area contributed by atoms with Crippen LogP contribution >= 0.6 is 11.3 Å². The molecule has 3 atom stereocenters. The van der Waals surface area contributed by atoms with Gasteiger partial charge in [-0.05, 0) is 62.6 Å². The molecule has 0 spiro atoms. The number of pyridine rings is 1. The molecule has 0 aliphatic carbocycles. The van der Waals surface area contributed by atoms with Gasteiger partial charge in [-0.2, -0.15) is 31.6 Å². The third-order valence-corrected chi connectivity index (χ3v) is 12.0. The van der Waals surface area contributed by atoms with Gasteiger partial charge in [-0.15, -0.1) is 11.3 Å². The van der Waals surface area contributed by atoms with E-state index in [1.165, 1.54) is 4.90 Å². The van der Waals surface area contributed by atoms with E-state index in [9.17, 15) is 46.3 Å². The molecule has 1 aromatic carbocycles. The summed E-state index contributed by atoms with van der Waals surface area (Å²) in [6.07, 6.45) is -7.05. The molecule has 1 N–H and O–H groups in total. The van der Waals surface area contributed by atoms with Gasteiger partial charge >= 0.3 is 18.3 Å². The van der Waals surface area contributed by atoms with Crippen molar-refractivity contribution in [3.63, 3.8) is 0 Å². The predicted molar refractivity (Wildman–Crippen MR) is 201 cm³/mol. The number of nitriles is 1. The number of benzene rings is 1. The second kappa shape index (κ2) is 18.0. The Morgan fingerprint density at radius 1 is 1.03 bits per heavy atom. The Kier molecular flexibility index (Phi) is 13.7. The fourth-order valence-electron chi connectivity index (χ4n) is 8.09. The van der Waals surface area contributed by atoms with Crippen molar-refractivity contribution in [2.24, 2.45) is 11.8 Å². The first kappa shape index (κ1) is 44.3. The molecule has 3 unspecified atom stereocenters. The van der Waals surface area contributed by atoms with Gasteiger partial charge in [0, 0.05) is 49.3 Å². The summed E-state index contributed by atoms with van der Waals surface area (Å²) in [4.78, 5) is 46.2. The fraction of sp³-hybridized carbons (Fsp3) is 0.537. The van der Waals surface area contributed by atoms with E-state index in [1.54, 1.807) is 31.2 Å². The van der Waals surface area contributed by atoms with Crippen molar-refractivity contribution >= 4 is 29.1 Å². The van der Waals surface area contributed by atoms with Gasteiger partial charge in [-0.1, -0.05) is 45.4 Å². The van der Waals surface area contributed by atoms with E-state index >= 15 is 4.79 Å². The second-order valence-electron chi connectivity index (χ2n) is 15.1. The molecule has 58 heavy (non-hydrogen) atoms. The van der Waals surface area contributed by atoms with Crippen molar-refractivity contribution in [2.75, 3.05) is 26.2 Å². The Bertz CT molecular complexity index is 1970. The molecule has 314 valence electrons. The number of amides is 2.